The second kappa shape index (κ2) is 7.55. The van der Waals surface area contributed by atoms with Crippen molar-refractivity contribution in [3.63, 3.8) is 0 Å². The van der Waals surface area contributed by atoms with Gasteiger partial charge in [0.05, 0.1) is 0 Å². The van der Waals surface area contributed by atoms with E-state index in [0.29, 0.717) is 5.02 Å². The number of carbonyl (C=O) groups is 2. The van der Waals surface area contributed by atoms with Crippen LogP contribution in [0.5, 0.6) is 0 Å². The molecule has 2 rings (SSSR count). The van der Waals surface area contributed by atoms with E-state index in [9.17, 15) is 9.59 Å². The summed E-state index contributed by atoms with van der Waals surface area (Å²) in [5.41, 5.74) is 6.17. The number of hydrogen-bond donors (Lipinski definition) is 2. The molecule has 0 aliphatic rings. The molecule has 1 aromatic carbocycles. The van der Waals surface area contributed by atoms with E-state index < -0.39 is 18.0 Å². The molecule has 0 bridgehead atoms. The van der Waals surface area contributed by atoms with Crippen LogP contribution >= 0.6 is 11.6 Å². The van der Waals surface area contributed by atoms with Gasteiger partial charge in [0.2, 0.25) is 0 Å². The summed E-state index contributed by atoms with van der Waals surface area (Å²) in [5.74, 6) is -1.32. The Morgan fingerprint density at radius 1 is 1.30 bits per heavy atom. The van der Waals surface area contributed by atoms with E-state index in [1.807, 2.05) is 6.07 Å². The van der Waals surface area contributed by atoms with Gasteiger partial charge in [-0.3, -0.25) is 4.79 Å². The first-order chi connectivity index (χ1) is 11.0. The van der Waals surface area contributed by atoms with E-state index in [1.165, 1.54) is 19.3 Å². The smallest absolute Gasteiger partial charge is 0.361 e. The van der Waals surface area contributed by atoms with Crippen LogP contribution in [0, 0.1) is 0 Å². The number of ether oxygens (including phenoxy) is 1. The highest BCUT2D eigenvalue weighted by Crippen LogP contribution is 2.14. The molecule has 0 aliphatic heterocycles. The Balaban J connectivity index is 1.91. The molecule has 0 spiro atoms. The van der Waals surface area contributed by atoms with Crippen LogP contribution in [0.1, 0.15) is 23.0 Å². The van der Waals surface area contributed by atoms with E-state index in [0.717, 1.165) is 5.56 Å². The van der Waals surface area contributed by atoms with E-state index in [-0.39, 0.29) is 18.1 Å². The highest BCUT2D eigenvalue weighted by molar-refractivity contribution is 6.31. The summed E-state index contributed by atoms with van der Waals surface area (Å²) >= 11 is 6.00. The first-order valence-electron chi connectivity index (χ1n) is 6.77. The molecule has 1 amide bonds. The van der Waals surface area contributed by atoms with Crippen LogP contribution in [0.15, 0.2) is 36.7 Å². The van der Waals surface area contributed by atoms with Gasteiger partial charge in [0.15, 0.2) is 17.6 Å². The van der Waals surface area contributed by atoms with Crippen LogP contribution in [-0.4, -0.2) is 27.9 Å². The van der Waals surface area contributed by atoms with Gasteiger partial charge in [-0.15, -0.1) is 0 Å². The fourth-order valence-corrected chi connectivity index (χ4v) is 1.95. The average Bonchev–Trinajstić information content (AvgIpc) is 2.54. The summed E-state index contributed by atoms with van der Waals surface area (Å²) in [6.45, 7) is 1.68. The Morgan fingerprint density at radius 3 is 2.70 bits per heavy atom. The number of benzene rings is 1. The summed E-state index contributed by atoms with van der Waals surface area (Å²) < 4.78 is 5.03. The summed E-state index contributed by atoms with van der Waals surface area (Å²) in [6, 6.07) is 7.12. The number of aromatic nitrogens is 2. The summed E-state index contributed by atoms with van der Waals surface area (Å²) in [7, 11) is 0. The maximum Gasteiger partial charge on any atom is 0.361 e. The normalized spacial score (nSPS) is 11.6. The molecule has 120 valence electrons. The Morgan fingerprint density at radius 2 is 2.00 bits per heavy atom. The molecule has 0 aliphatic carbocycles. The molecule has 0 saturated heterocycles. The van der Waals surface area contributed by atoms with Crippen molar-refractivity contribution in [1.29, 1.82) is 0 Å². The first kappa shape index (κ1) is 16.7. The van der Waals surface area contributed by atoms with Gasteiger partial charge in [-0.2, -0.15) is 0 Å². The van der Waals surface area contributed by atoms with Crippen molar-refractivity contribution >= 4 is 29.3 Å². The lowest BCUT2D eigenvalue weighted by Crippen LogP contribution is -2.35. The fourth-order valence-electron chi connectivity index (χ4n) is 1.74. The molecule has 8 heteroatoms. The first-order valence-corrected chi connectivity index (χ1v) is 7.15. The minimum absolute atomic E-state index is 0.0545. The van der Waals surface area contributed by atoms with Gasteiger partial charge >= 0.3 is 5.97 Å². The zero-order valence-electron chi connectivity index (χ0n) is 12.3. The van der Waals surface area contributed by atoms with Crippen LogP contribution in [0.4, 0.5) is 5.82 Å². The number of amides is 1. The molecule has 0 radical (unpaired) electrons. The second-order valence-electron chi connectivity index (χ2n) is 4.65. The van der Waals surface area contributed by atoms with Gasteiger partial charge in [-0.25, -0.2) is 14.8 Å². The highest BCUT2D eigenvalue weighted by atomic mass is 35.5. The van der Waals surface area contributed by atoms with Crippen molar-refractivity contribution in [2.45, 2.75) is 19.6 Å². The minimum atomic E-state index is -1.01. The molecule has 0 fully saturated rings. The molecular weight excluding hydrogens is 320 g/mol. The number of esters is 1. The SMILES string of the molecule is C[C@@H](OC(=O)c1nccnc1N)C(=O)NCc1ccccc1Cl. The van der Waals surface area contributed by atoms with Crippen molar-refractivity contribution < 1.29 is 14.3 Å². The number of rotatable bonds is 5. The van der Waals surface area contributed by atoms with E-state index >= 15 is 0 Å². The number of halogens is 1. The quantitative estimate of drug-likeness (QED) is 0.804. The molecule has 3 N–H and O–H groups in total. The number of hydrogen-bond acceptors (Lipinski definition) is 6. The van der Waals surface area contributed by atoms with Crippen molar-refractivity contribution in [1.82, 2.24) is 15.3 Å². The third-order valence-electron chi connectivity index (χ3n) is 2.98. The predicted molar refractivity (Wildman–Crippen MR) is 84.6 cm³/mol. The van der Waals surface area contributed by atoms with Crippen LogP contribution in [0.3, 0.4) is 0 Å². The number of nitrogen functional groups attached to an aromatic ring is 1. The second-order valence-corrected chi connectivity index (χ2v) is 5.05. The highest BCUT2D eigenvalue weighted by Gasteiger charge is 2.21. The van der Waals surface area contributed by atoms with Gasteiger partial charge in [0.1, 0.15) is 0 Å². The van der Waals surface area contributed by atoms with Crippen molar-refractivity contribution in [3.8, 4) is 0 Å². The van der Waals surface area contributed by atoms with Gasteiger partial charge in [0, 0.05) is 24.0 Å². The molecule has 0 unspecified atom stereocenters. The van der Waals surface area contributed by atoms with Crippen LogP contribution in [0.2, 0.25) is 5.02 Å². The van der Waals surface area contributed by atoms with E-state index in [4.69, 9.17) is 22.1 Å². The van der Waals surface area contributed by atoms with Crippen LogP contribution < -0.4 is 11.1 Å². The molecule has 2 aromatic rings. The van der Waals surface area contributed by atoms with Gasteiger partial charge in [-0.1, -0.05) is 29.8 Å². The Bertz CT molecular complexity index is 723. The molecule has 1 atom stereocenters. The lowest BCUT2D eigenvalue weighted by molar-refractivity contribution is -0.129. The minimum Gasteiger partial charge on any atom is -0.448 e. The Hall–Kier alpha value is -2.67. The zero-order chi connectivity index (χ0) is 16.8. The lowest BCUT2D eigenvalue weighted by Gasteiger charge is -2.14. The van der Waals surface area contributed by atoms with Gasteiger partial charge < -0.3 is 15.8 Å². The topological polar surface area (TPSA) is 107 Å². The number of carbonyl (C=O) groups excluding carboxylic acids is 2. The molecule has 1 aromatic heterocycles. The number of nitrogens with one attached hydrogen (secondary N) is 1. The molecule has 0 saturated carbocycles. The lowest BCUT2D eigenvalue weighted by atomic mass is 10.2. The van der Waals surface area contributed by atoms with E-state index in [2.05, 4.69) is 15.3 Å². The van der Waals surface area contributed by atoms with Crippen LogP contribution in [0.25, 0.3) is 0 Å². The Labute approximate surface area is 137 Å². The third-order valence-corrected chi connectivity index (χ3v) is 3.35. The number of nitrogens with zero attached hydrogens (tertiary/aromatic N) is 2. The standard InChI is InChI=1S/C15H15ClN4O3/c1-9(23-15(22)12-13(17)19-7-6-18-12)14(21)20-8-10-4-2-3-5-11(10)16/h2-7,9H,8H2,1H3,(H2,17,19)(H,20,21)/t9-/m1/s1. The van der Waals surface area contributed by atoms with Gasteiger partial charge in [0.25, 0.3) is 5.91 Å². The maximum atomic E-state index is 12.0. The molecular formula is C15H15ClN4O3. The molecule has 1 heterocycles. The zero-order valence-corrected chi connectivity index (χ0v) is 13.1. The Kier molecular flexibility index (Phi) is 5.48. The fraction of sp³-hybridized carbons (Fsp3) is 0.200. The number of nitrogens with two attached hydrogens (primary N) is 1. The number of anilines is 1. The molecule has 7 nitrogen and oxygen atoms in total. The maximum absolute atomic E-state index is 12.0. The average molecular weight is 335 g/mol. The molecule has 23 heavy (non-hydrogen) atoms. The third kappa shape index (κ3) is 4.40. The van der Waals surface area contributed by atoms with Crippen molar-refractivity contribution in [3.05, 3.63) is 52.9 Å². The van der Waals surface area contributed by atoms with Crippen molar-refractivity contribution in [2.24, 2.45) is 0 Å². The summed E-state index contributed by atoms with van der Waals surface area (Å²) in [6.07, 6.45) is 1.66. The summed E-state index contributed by atoms with van der Waals surface area (Å²) in [5, 5.41) is 3.19. The predicted octanol–water partition coefficient (Wildman–Crippen LogP) is 1.57. The largest absolute Gasteiger partial charge is 0.448 e. The van der Waals surface area contributed by atoms with Crippen molar-refractivity contribution in [2.75, 3.05) is 5.73 Å². The van der Waals surface area contributed by atoms with Gasteiger partial charge in [-0.05, 0) is 18.6 Å². The summed E-state index contributed by atoms with van der Waals surface area (Å²) in [4.78, 5) is 31.4. The van der Waals surface area contributed by atoms with Crippen LogP contribution in [-0.2, 0) is 16.1 Å². The monoisotopic (exact) mass is 334 g/mol. The van der Waals surface area contributed by atoms with E-state index in [1.54, 1.807) is 18.2 Å².